The molecule has 4 saturated carbocycles. The van der Waals surface area contributed by atoms with Gasteiger partial charge in [-0.1, -0.05) is 19.1 Å². The molecule has 4 aliphatic carbocycles. The summed E-state index contributed by atoms with van der Waals surface area (Å²) < 4.78 is 17.3. The second-order valence-electron chi connectivity index (χ2n) is 8.90. The van der Waals surface area contributed by atoms with Gasteiger partial charge in [0.25, 0.3) is 5.91 Å². The van der Waals surface area contributed by atoms with Crippen LogP contribution in [0.15, 0.2) is 29.2 Å². The molecule has 152 valence electrons. The molecule has 0 aromatic heterocycles. The minimum absolute atomic E-state index is 0.252. The van der Waals surface area contributed by atoms with Gasteiger partial charge >= 0.3 is 5.97 Å². The smallest absolute Gasteiger partial charge is 0.339 e. The van der Waals surface area contributed by atoms with Gasteiger partial charge in [-0.15, -0.1) is 0 Å². The Labute approximate surface area is 169 Å². The van der Waals surface area contributed by atoms with E-state index in [2.05, 4.69) is 5.32 Å². The average molecular weight is 404 g/mol. The predicted molar refractivity (Wildman–Crippen MR) is 107 cm³/mol. The molecule has 5 nitrogen and oxygen atoms in total. The van der Waals surface area contributed by atoms with Gasteiger partial charge in [0.2, 0.25) is 0 Å². The van der Waals surface area contributed by atoms with E-state index in [-0.39, 0.29) is 23.5 Å². The lowest BCUT2D eigenvalue weighted by molar-refractivity contribution is -0.126. The predicted octanol–water partition coefficient (Wildman–Crippen LogP) is 3.30. The molecule has 5 rings (SSSR count). The van der Waals surface area contributed by atoms with E-state index >= 15 is 0 Å². The third-order valence-corrected chi connectivity index (χ3v) is 8.15. The van der Waals surface area contributed by atoms with Gasteiger partial charge in [0.1, 0.15) is 0 Å². The minimum atomic E-state index is -1.25. The third kappa shape index (κ3) is 4.02. The van der Waals surface area contributed by atoms with Crippen LogP contribution in [0.5, 0.6) is 0 Å². The number of hydrogen-bond donors (Lipinski definition) is 1. The Kier molecular flexibility index (Phi) is 5.59. The van der Waals surface area contributed by atoms with Crippen LogP contribution in [-0.4, -0.2) is 35.0 Å². The summed E-state index contributed by atoms with van der Waals surface area (Å²) in [4.78, 5) is 25.1. The highest BCUT2D eigenvalue weighted by Crippen LogP contribution is 2.59. The number of nitrogens with one attached hydrogen (secondary N) is 1. The molecule has 1 aromatic carbocycles. The fraction of sp³-hybridized carbons (Fsp3) is 0.636. The Hall–Kier alpha value is -1.69. The first-order valence-electron chi connectivity index (χ1n) is 10.4. The van der Waals surface area contributed by atoms with Crippen LogP contribution in [0.1, 0.15) is 55.8 Å². The summed E-state index contributed by atoms with van der Waals surface area (Å²) in [6, 6.07) is 6.72. The van der Waals surface area contributed by atoms with E-state index in [0.717, 1.165) is 17.8 Å². The summed E-state index contributed by atoms with van der Waals surface area (Å²) >= 11 is 0. The molecule has 1 atom stereocenters. The Morgan fingerprint density at radius 1 is 1.11 bits per heavy atom. The summed E-state index contributed by atoms with van der Waals surface area (Å²) in [7, 11) is -1.25. The minimum Gasteiger partial charge on any atom is -0.452 e. The highest BCUT2D eigenvalue weighted by molar-refractivity contribution is 7.85. The molecule has 1 amide bonds. The zero-order valence-electron chi connectivity index (χ0n) is 16.4. The molecule has 4 aliphatic rings. The van der Waals surface area contributed by atoms with E-state index in [4.69, 9.17) is 4.74 Å². The topological polar surface area (TPSA) is 72.5 Å². The van der Waals surface area contributed by atoms with Crippen LogP contribution in [0.25, 0.3) is 0 Å². The molecule has 4 bridgehead atoms. The Balaban J connectivity index is 1.30. The van der Waals surface area contributed by atoms with Crippen LogP contribution in [0.4, 0.5) is 0 Å². The summed E-state index contributed by atoms with van der Waals surface area (Å²) in [5.74, 6) is 2.11. The van der Waals surface area contributed by atoms with Crippen molar-refractivity contribution in [2.24, 2.45) is 23.2 Å². The number of carbonyl (C=O) groups excluding carboxylic acids is 2. The van der Waals surface area contributed by atoms with E-state index in [9.17, 15) is 13.8 Å². The molecule has 0 radical (unpaired) electrons. The fourth-order valence-corrected chi connectivity index (χ4v) is 6.98. The van der Waals surface area contributed by atoms with E-state index in [1.165, 1.54) is 38.5 Å². The van der Waals surface area contributed by atoms with Crippen LogP contribution < -0.4 is 5.32 Å². The van der Waals surface area contributed by atoms with Gasteiger partial charge < -0.3 is 10.1 Å². The summed E-state index contributed by atoms with van der Waals surface area (Å²) in [6.07, 6.45) is 7.83. The Bertz CT molecular complexity index is 755. The lowest BCUT2D eigenvalue weighted by Gasteiger charge is -2.56. The van der Waals surface area contributed by atoms with Gasteiger partial charge in [0, 0.05) is 12.3 Å². The van der Waals surface area contributed by atoms with Gasteiger partial charge in [-0.05, 0) is 73.8 Å². The first-order valence-corrected chi connectivity index (χ1v) is 11.7. The van der Waals surface area contributed by atoms with Crippen LogP contribution in [0.3, 0.4) is 0 Å². The van der Waals surface area contributed by atoms with E-state index < -0.39 is 16.8 Å². The number of benzene rings is 1. The third-order valence-electron chi connectivity index (χ3n) is 6.77. The van der Waals surface area contributed by atoms with Crippen molar-refractivity contribution in [3.63, 3.8) is 0 Å². The molecule has 0 unspecified atom stereocenters. The number of ether oxygens (including phenoxy) is 1. The molecule has 6 heteroatoms. The molecule has 0 saturated heterocycles. The molecule has 1 aromatic rings. The van der Waals surface area contributed by atoms with E-state index in [1.54, 1.807) is 31.2 Å². The number of hydrogen-bond acceptors (Lipinski definition) is 4. The number of rotatable bonds is 7. The van der Waals surface area contributed by atoms with Gasteiger partial charge in [-0.2, -0.15) is 0 Å². The zero-order chi connectivity index (χ0) is 19.7. The summed E-state index contributed by atoms with van der Waals surface area (Å²) in [6.45, 7) is 2.21. The molecule has 4 fully saturated rings. The van der Waals surface area contributed by atoms with Crippen molar-refractivity contribution >= 4 is 22.7 Å². The lowest BCUT2D eigenvalue weighted by atomic mass is 9.49. The second-order valence-corrected chi connectivity index (χ2v) is 10.6. The Morgan fingerprint density at radius 3 is 2.32 bits per heavy atom. The molecule has 0 aliphatic heterocycles. The van der Waals surface area contributed by atoms with Gasteiger partial charge in [-0.3, -0.25) is 9.00 Å². The van der Waals surface area contributed by atoms with Crippen molar-refractivity contribution in [3.8, 4) is 0 Å². The van der Waals surface area contributed by atoms with E-state index in [1.807, 2.05) is 0 Å². The highest BCUT2D eigenvalue weighted by atomic mass is 32.2. The molecule has 0 spiro atoms. The maximum atomic E-state index is 12.4. The maximum Gasteiger partial charge on any atom is 0.339 e. The Morgan fingerprint density at radius 2 is 1.71 bits per heavy atom. The zero-order valence-corrected chi connectivity index (χ0v) is 17.3. The molecule has 0 heterocycles. The quantitative estimate of drug-likeness (QED) is 0.709. The standard InChI is InChI=1S/C22H29NO4S/c1-2-28(26)19-6-4-3-5-18(19)21(25)27-13-20(24)23-14-22-10-15-7-16(11-22)9-17(8-15)12-22/h3-6,15-17H,2,7-14H2,1H3,(H,23,24)/t15?,16?,17?,22?,28-/m1/s1. The van der Waals surface area contributed by atoms with Gasteiger partial charge in [0.05, 0.1) is 21.3 Å². The number of carbonyl (C=O) groups is 2. The van der Waals surface area contributed by atoms with Crippen molar-refractivity contribution in [1.82, 2.24) is 5.32 Å². The van der Waals surface area contributed by atoms with Gasteiger partial charge in [-0.25, -0.2) is 4.79 Å². The van der Waals surface area contributed by atoms with Crippen molar-refractivity contribution in [3.05, 3.63) is 29.8 Å². The SMILES string of the molecule is CC[S@@](=O)c1ccccc1C(=O)OCC(=O)NCC12CC3CC(CC(C3)C1)C2. The first-order chi connectivity index (χ1) is 13.5. The fourth-order valence-electron chi connectivity index (χ4n) is 6.04. The van der Waals surface area contributed by atoms with Gasteiger partial charge in [0.15, 0.2) is 6.61 Å². The van der Waals surface area contributed by atoms with Crippen LogP contribution in [-0.2, 0) is 20.3 Å². The second kappa shape index (κ2) is 7.97. The maximum absolute atomic E-state index is 12.4. The van der Waals surface area contributed by atoms with Crippen LogP contribution in [0, 0.1) is 23.2 Å². The van der Waals surface area contributed by atoms with Crippen molar-refractivity contribution < 1.29 is 18.5 Å². The largest absolute Gasteiger partial charge is 0.452 e. The van der Waals surface area contributed by atoms with Crippen molar-refractivity contribution in [1.29, 1.82) is 0 Å². The monoisotopic (exact) mass is 403 g/mol. The van der Waals surface area contributed by atoms with Crippen LogP contribution in [0.2, 0.25) is 0 Å². The van der Waals surface area contributed by atoms with Crippen LogP contribution >= 0.6 is 0 Å². The molecule has 1 N–H and O–H groups in total. The number of amides is 1. The lowest BCUT2D eigenvalue weighted by Crippen LogP contribution is -2.51. The molecule has 28 heavy (non-hydrogen) atoms. The highest BCUT2D eigenvalue weighted by Gasteiger charge is 2.50. The first kappa shape index (κ1) is 19.6. The summed E-state index contributed by atoms with van der Waals surface area (Å²) in [5, 5.41) is 3.02. The molecular weight excluding hydrogens is 374 g/mol. The number of esters is 1. The normalized spacial score (nSPS) is 31.4. The summed E-state index contributed by atoms with van der Waals surface area (Å²) in [5.41, 5.74) is 0.538. The van der Waals surface area contributed by atoms with E-state index in [0.29, 0.717) is 17.2 Å². The average Bonchev–Trinajstić information content (AvgIpc) is 2.69. The van der Waals surface area contributed by atoms with Crippen molar-refractivity contribution in [2.45, 2.75) is 50.3 Å². The molecular formula is C22H29NO4S. The van der Waals surface area contributed by atoms with Crippen molar-refractivity contribution in [2.75, 3.05) is 18.9 Å².